The van der Waals surface area contributed by atoms with E-state index in [1.807, 2.05) is 12.5 Å². The molecular formula is C16H27N3O. The second-order valence-corrected chi connectivity index (χ2v) is 6.34. The smallest absolute Gasteiger partial charge is 0.0948 e. The summed E-state index contributed by atoms with van der Waals surface area (Å²) in [7, 11) is 0. The van der Waals surface area contributed by atoms with Crippen molar-refractivity contribution >= 4 is 0 Å². The highest BCUT2D eigenvalue weighted by Crippen LogP contribution is 2.26. The summed E-state index contributed by atoms with van der Waals surface area (Å²) >= 11 is 0. The van der Waals surface area contributed by atoms with Crippen LogP contribution in [0.1, 0.15) is 63.6 Å². The van der Waals surface area contributed by atoms with Crippen LogP contribution in [0.3, 0.4) is 0 Å². The van der Waals surface area contributed by atoms with Crippen molar-refractivity contribution in [2.75, 3.05) is 6.61 Å². The van der Waals surface area contributed by atoms with E-state index in [1.165, 1.54) is 44.2 Å². The Kier molecular flexibility index (Phi) is 4.73. The molecule has 0 amide bonds. The number of nitrogens with one attached hydrogen (secondary N) is 1. The van der Waals surface area contributed by atoms with Crippen LogP contribution in [0.4, 0.5) is 0 Å². The standard InChI is InChI=1S/C16H27N3O/c1-13-5-4-7-15(18-13)16-11-17-12-19(16)9-8-14-6-2-3-10-20-14/h11-15,18H,2-10H2,1H3. The monoisotopic (exact) mass is 277 g/mol. The SMILES string of the molecule is CC1CCCC(c2cncn2CCC2CCCCO2)N1. The summed E-state index contributed by atoms with van der Waals surface area (Å²) in [4.78, 5) is 4.37. The Morgan fingerprint density at radius 2 is 2.25 bits per heavy atom. The van der Waals surface area contributed by atoms with Gasteiger partial charge in [0.1, 0.15) is 0 Å². The third kappa shape index (κ3) is 3.41. The Hall–Kier alpha value is -0.870. The van der Waals surface area contributed by atoms with Crippen molar-refractivity contribution in [1.29, 1.82) is 0 Å². The molecule has 0 bridgehead atoms. The van der Waals surface area contributed by atoms with Gasteiger partial charge in [0.2, 0.25) is 0 Å². The lowest BCUT2D eigenvalue weighted by Gasteiger charge is -2.30. The van der Waals surface area contributed by atoms with Gasteiger partial charge in [0.05, 0.1) is 18.1 Å². The molecule has 3 atom stereocenters. The minimum Gasteiger partial charge on any atom is -0.378 e. The van der Waals surface area contributed by atoms with Gasteiger partial charge in [-0.05, 0) is 51.9 Å². The highest BCUT2D eigenvalue weighted by atomic mass is 16.5. The van der Waals surface area contributed by atoms with Gasteiger partial charge in [-0.3, -0.25) is 0 Å². The summed E-state index contributed by atoms with van der Waals surface area (Å²) in [5.41, 5.74) is 1.35. The lowest BCUT2D eigenvalue weighted by atomic mass is 9.97. The zero-order valence-corrected chi connectivity index (χ0v) is 12.6. The molecule has 0 spiro atoms. The molecule has 1 N–H and O–H groups in total. The van der Waals surface area contributed by atoms with Crippen molar-refractivity contribution in [3.63, 3.8) is 0 Å². The number of aryl methyl sites for hydroxylation is 1. The number of nitrogens with zero attached hydrogens (tertiary/aromatic N) is 2. The average Bonchev–Trinajstić information content (AvgIpc) is 2.95. The topological polar surface area (TPSA) is 39.1 Å². The molecule has 3 rings (SSSR count). The second-order valence-electron chi connectivity index (χ2n) is 6.34. The molecule has 4 nitrogen and oxygen atoms in total. The molecule has 3 unspecified atom stereocenters. The molecule has 0 aromatic carbocycles. The van der Waals surface area contributed by atoms with E-state index in [0.717, 1.165) is 19.6 Å². The highest BCUT2D eigenvalue weighted by molar-refractivity contribution is 5.07. The highest BCUT2D eigenvalue weighted by Gasteiger charge is 2.22. The summed E-state index contributed by atoms with van der Waals surface area (Å²) in [5.74, 6) is 0. The number of hydrogen-bond donors (Lipinski definition) is 1. The minimum atomic E-state index is 0.456. The van der Waals surface area contributed by atoms with Crippen LogP contribution in [0.5, 0.6) is 0 Å². The second kappa shape index (κ2) is 6.72. The molecule has 2 saturated heterocycles. The van der Waals surface area contributed by atoms with Gasteiger partial charge in [0.25, 0.3) is 0 Å². The maximum absolute atomic E-state index is 5.83. The normalized spacial score (nSPS) is 31.4. The summed E-state index contributed by atoms with van der Waals surface area (Å²) in [6.07, 6.45) is 13.2. The molecule has 1 aromatic rings. The Labute approximate surface area is 121 Å². The van der Waals surface area contributed by atoms with E-state index in [1.54, 1.807) is 0 Å². The first-order valence-corrected chi connectivity index (χ1v) is 8.20. The van der Waals surface area contributed by atoms with Crippen LogP contribution in [-0.4, -0.2) is 28.3 Å². The lowest BCUT2D eigenvalue weighted by Crippen LogP contribution is -2.35. The largest absolute Gasteiger partial charge is 0.378 e. The van der Waals surface area contributed by atoms with Crippen molar-refractivity contribution in [1.82, 2.24) is 14.9 Å². The van der Waals surface area contributed by atoms with Gasteiger partial charge >= 0.3 is 0 Å². The van der Waals surface area contributed by atoms with Gasteiger partial charge in [0, 0.05) is 31.4 Å². The lowest BCUT2D eigenvalue weighted by molar-refractivity contribution is 0.00861. The van der Waals surface area contributed by atoms with Crippen molar-refractivity contribution < 1.29 is 4.74 Å². The number of ether oxygens (including phenoxy) is 1. The van der Waals surface area contributed by atoms with E-state index in [9.17, 15) is 0 Å². The van der Waals surface area contributed by atoms with E-state index < -0.39 is 0 Å². The quantitative estimate of drug-likeness (QED) is 0.919. The first kappa shape index (κ1) is 14.1. The Morgan fingerprint density at radius 1 is 1.30 bits per heavy atom. The van der Waals surface area contributed by atoms with Gasteiger partial charge in [-0.1, -0.05) is 0 Å². The van der Waals surface area contributed by atoms with Crippen molar-refractivity contribution in [2.45, 2.75) is 76.6 Å². The molecule has 0 radical (unpaired) electrons. The van der Waals surface area contributed by atoms with E-state index in [2.05, 4.69) is 21.8 Å². The average molecular weight is 277 g/mol. The molecule has 2 aliphatic rings. The zero-order valence-electron chi connectivity index (χ0n) is 12.6. The van der Waals surface area contributed by atoms with Crippen LogP contribution in [0.2, 0.25) is 0 Å². The van der Waals surface area contributed by atoms with E-state index >= 15 is 0 Å². The van der Waals surface area contributed by atoms with Crippen LogP contribution in [0.25, 0.3) is 0 Å². The van der Waals surface area contributed by atoms with Crippen LogP contribution in [0.15, 0.2) is 12.5 Å². The zero-order chi connectivity index (χ0) is 13.8. The Bertz CT molecular complexity index is 412. The fourth-order valence-corrected chi connectivity index (χ4v) is 3.50. The fraction of sp³-hybridized carbons (Fsp3) is 0.812. The maximum Gasteiger partial charge on any atom is 0.0948 e. The first-order valence-electron chi connectivity index (χ1n) is 8.20. The fourth-order valence-electron chi connectivity index (χ4n) is 3.50. The molecule has 0 aliphatic carbocycles. The number of piperidine rings is 1. The van der Waals surface area contributed by atoms with E-state index in [-0.39, 0.29) is 0 Å². The van der Waals surface area contributed by atoms with Crippen molar-refractivity contribution in [3.8, 4) is 0 Å². The number of rotatable bonds is 4. The van der Waals surface area contributed by atoms with Crippen LogP contribution in [0, 0.1) is 0 Å². The molecule has 4 heteroatoms. The van der Waals surface area contributed by atoms with Crippen molar-refractivity contribution in [3.05, 3.63) is 18.2 Å². The van der Waals surface area contributed by atoms with Gasteiger partial charge in [0.15, 0.2) is 0 Å². The Morgan fingerprint density at radius 3 is 3.05 bits per heavy atom. The predicted molar refractivity (Wildman–Crippen MR) is 79.6 cm³/mol. The number of imidazole rings is 1. The maximum atomic E-state index is 5.83. The molecule has 2 aliphatic heterocycles. The van der Waals surface area contributed by atoms with Gasteiger partial charge in [-0.2, -0.15) is 0 Å². The third-order valence-corrected chi connectivity index (χ3v) is 4.68. The summed E-state index contributed by atoms with van der Waals surface area (Å²) < 4.78 is 8.16. The molecule has 3 heterocycles. The molecule has 2 fully saturated rings. The van der Waals surface area contributed by atoms with E-state index in [4.69, 9.17) is 4.74 Å². The van der Waals surface area contributed by atoms with E-state index in [0.29, 0.717) is 18.2 Å². The molecule has 20 heavy (non-hydrogen) atoms. The number of aromatic nitrogens is 2. The molecular weight excluding hydrogens is 250 g/mol. The van der Waals surface area contributed by atoms with Crippen molar-refractivity contribution in [2.24, 2.45) is 0 Å². The first-order chi connectivity index (χ1) is 9.83. The molecule has 1 aromatic heterocycles. The molecule has 0 saturated carbocycles. The predicted octanol–water partition coefficient (Wildman–Crippen LogP) is 3.05. The summed E-state index contributed by atoms with van der Waals surface area (Å²) in [5, 5.41) is 3.70. The van der Waals surface area contributed by atoms with Crippen LogP contribution < -0.4 is 5.32 Å². The van der Waals surface area contributed by atoms with Gasteiger partial charge in [-0.25, -0.2) is 4.98 Å². The minimum absolute atomic E-state index is 0.456. The van der Waals surface area contributed by atoms with Gasteiger partial charge in [-0.15, -0.1) is 0 Å². The van der Waals surface area contributed by atoms with Crippen LogP contribution in [-0.2, 0) is 11.3 Å². The summed E-state index contributed by atoms with van der Waals surface area (Å²) in [6.45, 7) is 4.26. The molecule has 112 valence electrons. The number of hydrogen-bond acceptors (Lipinski definition) is 3. The van der Waals surface area contributed by atoms with Gasteiger partial charge < -0.3 is 14.6 Å². The Balaban J connectivity index is 1.58. The van der Waals surface area contributed by atoms with Crippen LogP contribution >= 0.6 is 0 Å². The third-order valence-electron chi connectivity index (χ3n) is 4.68. The summed E-state index contributed by atoms with van der Waals surface area (Å²) in [6, 6.07) is 1.10.